The van der Waals surface area contributed by atoms with Crippen molar-refractivity contribution in [2.45, 2.75) is 70.9 Å². The van der Waals surface area contributed by atoms with Gasteiger partial charge in [0.15, 0.2) is 0 Å². The molecule has 1 saturated heterocycles. The minimum atomic E-state index is -0.0919. The summed E-state index contributed by atoms with van der Waals surface area (Å²) in [6.07, 6.45) is 8.28. The zero-order chi connectivity index (χ0) is 17.6. The van der Waals surface area contributed by atoms with Gasteiger partial charge in [0.25, 0.3) is 0 Å². The van der Waals surface area contributed by atoms with Crippen LogP contribution in [-0.2, 0) is 16.1 Å². The number of pyridine rings is 1. The molecule has 1 atom stereocenters. The third-order valence-corrected chi connectivity index (χ3v) is 5.47. The van der Waals surface area contributed by atoms with Crippen molar-refractivity contribution in [2.24, 2.45) is 5.92 Å². The maximum absolute atomic E-state index is 12.6. The molecule has 0 spiro atoms. The van der Waals surface area contributed by atoms with Crippen molar-refractivity contribution >= 4 is 11.8 Å². The van der Waals surface area contributed by atoms with Crippen molar-refractivity contribution in [1.29, 1.82) is 0 Å². The summed E-state index contributed by atoms with van der Waals surface area (Å²) in [6.45, 7) is 2.98. The summed E-state index contributed by atoms with van der Waals surface area (Å²) in [7, 11) is 0. The number of aryl methyl sites for hydroxylation is 1. The largest absolute Gasteiger partial charge is 0.350 e. The monoisotopic (exact) mass is 343 g/mol. The Balaban J connectivity index is 1.56. The lowest BCUT2D eigenvalue weighted by atomic mass is 9.93. The first-order valence-corrected chi connectivity index (χ1v) is 9.63. The van der Waals surface area contributed by atoms with E-state index in [4.69, 9.17) is 0 Å². The van der Waals surface area contributed by atoms with Crippen LogP contribution in [0.5, 0.6) is 0 Å². The quantitative estimate of drug-likeness (QED) is 0.855. The summed E-state index contributed by atoms with van der Waals surface area (Å²) in [5.74, 6) is 0.191. The van der Waals surface area contributed by atoms with Crippen molar-refractivity contribution in [2.75, 3.05) is 6.54 Å². The van der Waals surface area contributed by atoms with Crippen LogP contribution in [0.25, 0.3) is 0 Å². The lowest BCUT2D eigenvalue weighted by Gasteiger charge is -2.37. The normalized spacial score (nSPS) is 22.5. The van der Waals surface area contributed by atoms with Gasteiger partial charge in [-0.05, 0) is 38.3 Å². The summed E-state index contributed by atoms with van der Waals surface area (Å²) in [4.78, 5) is 31.4. The zero-order valence-electron chi connectivity index (χ0n) is 15.2. The molecule has 1 aromatic heterocycles. The molecule has 1 aliphatic carbocycles. The van der Waals surface area contributed by atoms with Crippen molar-refractivity contribution in [3.63, 3.8) is 0 Å². The van der Waals surface area contributed by atoms with Crippen molar-refractivity contribution < 1.29 is 9.59 Å². The van der Waals surface area contributed by atoms with Crippen LogP contribution in [0, 0.1) is 12.8 Å². The lowest BCUT2D eigenvalue weighted by Crippen LogP contribution is -2.49. The summed E-state index contributed by atoms with van der Waals surface area (Å²) in [5.41, 5.74) is 1.83. The Labute approximate surface area is 150 Å². The molecule has 0 unspecified atom stereocenters. The minimum Gasteiger partial charge on any atom is -0.350 e. The zero-order valence-corrected chi connectivity index (χ0v) is 15.2. The van der Waals surface area contributed by atoms with E-state index in [9.17, 15) is 9.59 Å². The average Bonchev–Trinajstić information content (AvgIpc) is 2.89. The number of nitrogens with zero attached hydrogens (tertiary/aromatic N) is 2. The van der Waals surface area contributed by atoms with E-state index in [1.165, 1.54) is 25.7 Å². The van der Waals surface area contributed by atoms with E-state index in [1.54, 1.807) is 0 Å². The van der Waals surface area contributed by atoms with Crippen LogP contribution in [-0.4, -0.2) is 34.3 Å². The predicted molar refractivity (Wildman–Crippen MR) is 96.7 cm³/mol. The molecule has 2 heterocycles. The molecule has 136 valence electrons. The van der Waals surface area contributed by atoms with E-state index in [0.29, 0.717) is 32.0 Å². The molecule has 2 fully saturated rings. The van der Waals surface area contributed by atoms with Crippen LogP contribution in [0.2, 0.25) is 0 Å². The van der Waals surface area contributed by atoms with Gasteiger partial charge >= 0.3 is 0 Å². The number of piperidine rings is 1. The number of hydrogen-bond acceptors (Lipinski definition) is 3. The molecule has 1 saturated carbocycles. The van der Waals surface area contributed by atoms with Gasteiger partial charge in [0.05, 0.1) is 18.2 Å². The Morgan fingerprint density at radius 2 is 1.96 bits per heavy atom. The Bertz CT molecular complexity index is 609. The van der Waals surface area contributed by atoms with Crippen LogP contribution in [0.1, 0.15) is 62.8 Å². The van der Waals surface area contributed by atoms with Gasteiger partial charge < -0.3 is 10.2 Å². The Hall–Kier alpha value is -1.91. The number of rotatable bonds is 4. The highest BCUT2D eigenvalue weighted by Gasteiger charge is 2.34. The first-order valence-electron chi connectivity index (χ1n) is 9.63. The van der Waals surface area contributed by atoms with Gasteiger partial charge in [-0.3, -0.25) is 14.6 Å². The fourth-order valence-corrected chi connectivity index (χ4v) is 4.03. The molecule has 1 aliphatic heterocycles. The molecule has 3 rings (SSSR count). The van der Waals surface area contributed by atoms with Crippen molar-refractivity contribution in [1.82, 2.24) is 15.2 Å². The molecule has 2 amide bonds. The predicted octanol–water partition coefficient (Wildman–Crippen LogP) is 2.97. The molecule has 5 nitrogen and oxygen atoms in total. The summed E-state index contributed by atoms with van der Waals surface area (Å²) in [5, 5.41) is 3.01. The van der Waals surface area contributed by atoms with Gasteiger partial charge in [-0.15, -0.1) is 0 Å². The SMILES string of the molecule is Cc1cccc(CNC(=O)[C@H]2CCC(=O)N(C3CCCCCC3)C2)n1. The third-order valence-electron chi connectivity index (χ3n) is 5.47. The number of hydrogen-bond donors (Lipinski definition) is 1. The highest BCUT2D eigenvalue weighted by atomic mass is 16.2. The van der Waals surface area contributed by atoms with Crippen LogP contribution in [0.15, 0.2) is 18.2 Å². The summed E-state index contributed by atoms with van der Waals surface area (Å²) < 4.78 is 0. The Morgan fingerprint density at radius 3 is 2.68 bits per heavy atom. The molecule has 0 aromatic carbocycles. The lowest BCUT2D eigenvalue weighted by molar-refractivity contribution is -0.141. The van der Waals surface area contributed by atoms with E-state index in [2.05, 4.69) is 10.3 Å². The van der Waals surface area contributed by atoms with Gasteiger partial charge in [0.1, 0.15) is 0 Å². The molecular formula is C20H29N3O2. The van der Waals surface area contributed by atoms with Crippen molar-refractivity contribution in [3.8, 4) is 0 Å². The summed E-state index contributed by atoms with van der Waals surface area (Å²) in [6, 6.07) is 6.17. The fourth-order valence-electron chi connectivity index (χ4n) is 4.03. The van der Waals surface area contributed by atoms with Gasteiger partial charge in [-0.25, -0.2) is 0 Å². The topological polar surface area (TPSA) is 62.3 Å². The fraction of sp³-hybridized carbons (Fsp3) is 0.650. The van der Waals surface area contributed by atoms with Crippen molar-refractivity contribution in [3.05, 3.63) is 29.6 Å². The first-order chi connectivity index (χ1) is 12.1. The molecule has 1 N–H and O–H groups in total. The molecule has 0 radical (unpaired) electrons. The van der Waals surface area contributed by atoms with Gasteiger partial charge in [0.2, 0.25) is 11.8 Å². The molecular weight excluding hydrogens is 314 g/mol. The second-order valence-electron chi connectivity index (χ2n) is 7.42. The maximum atomic E-state index is 12.6. The summed E-state index contributed by atoms with van der Waals surface area (Å²) >= 11 is 0. The number of nitrogens with one attached hydrogen (secondary N) is 1. The second kappa shape index (κ2) is 8.45. The molecule has 25 heavy (non-hydrogen) atoms. The average molecular weight is 343 g/mol. The maximum Gasteiger partial charge on any atom is 0.225 e. The third kappa shape index (κ3) is 4.80. The first kappa shape index (κ1) is 17.9. The number of aromatic nitrogens is 1. The molecule has 0 bridgehead atoms. The van der Waals surface area contributed by atoms with Gasteiger partial charge in [-0.1, -0.05) is 31.7 Å². The van der Waals surface area contributed by atoms with Crippen LogP contribution >= 0.6 is 0 Å². The number of carbonyl (C=O) groups is 2. The van der Waals surface area contributed by atoms with E-state index >= 15 is 0 Å². The minimum absolute atomic E-state index is 0.0504. The van der Waals surface area contributed by atoms with Crippen LogP contribution in [0.3, 0.4) is 0 Å². The second-order valence-corrected chi connectivity index (χ2v) is 7.42. The van der Waals surface area contributed by atoms with Gasteiger partial charge in [0, 0.05) is 24.7 Å². The van der Waals surface area contributed by atoms with Crippen LogP contribution < -0.4 is 5.32 Å². The molecule has 2 aliphatic rings. The Kier molecular flexibility index (Phi) is 6.05. The number of amides is 2. The molecule has 5 heteroatoms. The van der Waals surface area contributed by atoms with E-state index < -0.39 is 0 Å². The van der Waals surface area contributed by atoms with Gasteiger partial charge in [-0.2, -0.15) is 0 Å². The van der Waals surface area contributed by atoms with Crippen LogP contribution in [0.4, 0.5) is 0 Å². The highest BCUT2D eigenvalue weighted by Crippen LogP contribution is 2.27. The van der Waals surface area contributed by atoms with E-state index in [-0.39, 0.29) is 17.7 Å². The van der Waals surface area contributed by atoms with E-state index in [1.807, 2.05) is 30.0 Å². The number of carbonyl (C=O) groups excluding carboxylic acids is 2. The Morgan fingerprint density at radius 1 is 1.20 bits per heavy atom. The standard InChI is InChI=1S/C20H29N3O2/c1-15-7-6-8-17(22-15)13-21-20(25)16-11-12-19(24)23(14-16)18-9-4-2-3-5-10-18/h6-8,16,18H,2-5,9-14H2,1H3,(H,21,25)/t16-/m0/s1. The highest BCUT2D eigenvalue weighted by molar-refractivity contribution is 5.84. The smallest absolute Gasteiger partial charge is 0.225 e. The molecule has 1 aromatic rings. The van der Waals surface area contributed by atoms with E-state index in [0.717, 1.165) is 24.2 Å². The number of likely N-dealkylation sites (tertiary alicyclic amines) is 1.